The molecule has 1 aliphatic carbocycles. The molecule has 0 bridgehead atoms. The molecule has 26 heavy (non-hydrogen) atoms. The van der Waals surface area contributed by atoms with Crippen LogP contribution < -0.4 is 5.32 Å². The lowest BCUT2D eigenvalue weighted by molar-refractivity contribution is 0.0451. The van der Waals surface area contributed by atoms with Crippen molar-refractivity contribution in [3.63, 3.8) is 0 Å². The predicted octanol–water partition coefficient (Wildman–Crippen LogP) is 3.50. The first-order chi connectivity index (χ1) is 12.4. The van der Waals surface area contributed by atoms with Gasteiger partial charge < -0.3 is 10.4 Å². The van der Waals surface area contributed by atoms with Crippen LogP contribution in [0.2, 0.25) is 5.02 Å². The van der Waals surface area contributed by atoms with E-state index in [1.807, 2.05) is 31.2 Å². The van der Waals surface area contributed by atoms with Gasteiger partial charge in [-0.3, -0.25) is 4.79 Å². The number of rotatable bonds is 2. The highest BCUT2D eigenvalue weighted by Gasteiger charge is 2.33. The summed E-state index contributed by atoms with van der Waals surface area (Å²) in [5.41, 5.74) is 0.841. The fourth-order valence-corrected chi connectivity index (χ4v) is 3.36. The van der Waals surface area contributed by atoms with Crippen molar-refractivity contribution < 1.29 is 9.90 Å². The summed E-state index contributed by atoms with van der Waals surface area (Å²) in [7, 11) is 0. The minimum absolute atomic E-state index is 0.128. The number of carbonyl (C=O) groups excluding carboxylic acids is 1. The van der Waals surface area contributed by atoms with Crippen LogP contribution in [0.5, 0.6) is 0 Å². The molecule has 2 N–H and O–H groups in total. The molecule has 1 saturated carbocycles. The third-order valence-electron chi connectivity index (χ3n) is 4.45. The Morgan fingerprint density at radius 3 is 2.92 bits per heavy atom. The Morgan fingerprint density at radius 1 is 1.35 bits per heavy atom. The number of aliphatic hydroxyl groups is 1. The highest BCUT2D eigenvalue weighted by molar-refractivity contribution is 6.30. The lowest BCUT2D eigenvalue weighted by Gasteiger charge is -2.33. The Kier molecular flexibility index (Phi) is 5.61. The standard InChI is InChI=1S/C21H21ClN2O2/c1-15-5-2-9-19(23-15)20(25)24-18-8-4-11-21(26,14-18)12-10-16-6-3-7-17(22)13-16/h2-3,5-7,9,13,18,26H,4,8,11,14H2,1H3,(H,24,25)/t18-,21+/m0/s1. The molecular formula is C21H21ClN2O2. The van der Waals surface area contributed by atoms with E-state index in [0.717, 1.165) is 24.1 Å². The maximum absolute atomic E-state index is 12.4. The van der Waals surface area contributed by atoms with Crippen molar-refractivity contribution >= 4 is 17.5 Å². The number of aromatic nitrogens is 1. The number of carbonyl (C=O) groups is 1. The fraction of sp³-hybridized carbons (Fsp3) is 0.333. The van der Waals surface area contributed by atoms with Crippen LogP contribution in [-0.2, 0) is 0 Å². The van der Waals surface area contributed by atoms with Gasteiger partial charge in [-0.2, -0.15) is 0 Å². The van der Waals surface area contributed by atoms with Gasteiger partial charge in [0.15, 0.2) is 0 Å². The Bertz CT molecular complexity index is 872. The zero-order chi connectivity index (χ0) is 18.6. The van der Waals surface area contributed by atoms with Crippen LogP contribution in [-0.4, -0.2) is 27.6 Å². The molecule has 0 saturated heterocycles. The summed E-state index contributed by atoms with van der Waals surface area (Å²) in [6.45, 7) is 1.85. The Labute approximate surface area is 158 Å². The highest BCUT2D eigenvalue weighted by Crippen LogP contribution is 2.28. The number of halogens is 1. The van der Waals surface area contributed by atoms with Gasteiger partial charge in [0.05, 0.1) is 0 Å². The first-order valence-electron chi connectivity index (χ1n) is 8.69. The first-order valence-corrected chi connectivity index (χ1v) is 9.07. The van der Waals surface area contributed by atoms with E-state index in [1.165, 1.54) is 0 Å². The smallest absolute Gasteiger partial charge is 0.270 e. The zero-order valence-electron chi connectivity index (χ0n) is 14.6. The van der Waals surface area contributed by atoms with Crippen molar-refractivity contribution in [1.29, 1.82) is 0 Å². The summed E-state index contributed by atoms with van der Waals surface area (Å²) in [6, 6.07) is 12.5. The molecule has 0 aliphatic heterocycles. The number of nitrogens with zero attached hydrogens (tertiary/aromatic N) is 1. The average Bonchev–Trinajstić information content (AvgIpc) is 2.60. The molecule has 1 heterocycles. The van der Waals surface area contributed by atoms with E-state index in [1.54, 1.807) is 18.2 Å². The molecule has 1 aromatic carbocycles. The van der Waals surface area contributed by atoms with Crippen molar-refractivity contribution in [2.24, 2.45) is 0 Å². The summed E-state index contributed by atoms with van der Waals surface area (Å²) in [4.78, 5) is 16.6. The van der Waals surface area contributed by atoms with E-state index in [4.69, 9.17) is 11.6 Å². The molecule has 134 valence electrons. The largest absolute Gasteiger partial charge is 0.378 e. The van der Waals surface area contributed by atoms with Crippen LogP contribution in [0.25, 0.3) is 0 Å². The third-order valence-corrected chi connectivity index (χ3v) is 4.68. The second-order valence-corrected chi connectivity index (χ2v) is 7.16. The molecular weight excluding hydrogens is 348 g/mol. The van der Waals surface area contributed by atoms with Crippen LogP contribution in [0.3, 0.4) is 0 Å². The lowest BCUT2D eigenvalue weighted by Crippen LogP contribution is -2.45. The van der Waals surface area contributed by atoms with Crippen LogP contribution in [0.4, 0.5) is 0 Å². The first kappa shape index (κ1) is 18.4. The summed E-state index contributed by atoms with van der Waals surface area (Å²) in [5, 5.41) is 14.4. The predicted molar refractivity (Wildman–Crippen MR) is 102 cm³/mol. The second kappa shape index (κ2) is 7.90. The van der Waals surface area contributed by atoms with Gasteiger partial charge in [0, 0.05) is 28.7 Å². The normalized spacial score (nSPS) is 22.2. The van der Waals surface area contributed by atoms with E-state index in [0.29, 0.717) is 23.6 Å². The molecule has 5 heteroatoms. The molecule has 1 aliphatic rings. The molecule has 1 aromatic heterocycles. The van der Waals surface area contributed by atoms with Gasteiger partial charge in [-0.1, -0.05) is 35.6 Å². The number of aryl methyl sites for hydroxylation is 1. The van der Waals surface area contributed by atoms with Crippen molar-refractivity contribution in [2.45, 2.75) is 44.2 Å². The maximum Gasteiger partial charge on any atom is 0.270 e. The minimum atomic E-state index is -1.11. The molecule has 3 rings (SSSR count). The van der Waals surface area contributed by atoms with E-state index >= 15 is 0 Å². The van der Waals surface area contributed by atoms with E-state index in [-0.39, 0.29) is 11.9 Å². The minimum Gasteiger partial charge on any atom is -0.378 e. The number of pyridine rings is 1. The summed E-state index contributed by atoms with van der Waals surface area (Å²) in [6.07, 6.45) is 2.61. The molecule has 2 aromatic rings. The highest BCUT2D eigenvalue weighted by atomic mass is 35.5. The number of amides is 1. The van der Waals surface area contributed by atoms with Crippen LogP contribution >= 0.6 is 11.6 Å². The lowest BCUT2D eigenvalue weighted by atomic mass is 9.82. The van der Waals surface area contributed by atoms with Crippen molar-refractivity contribution in [2.75, 3.05) is 0 Å². The van der Waals surface area contributed by atoms with Crippen molar-refractivity contribution in [3.05, 3.63) is 64.4 Å². The van der Waals surface area contributed by atoms with Crippen molar-refractivity contribution in [3.8, 4) is 11.8 Å². The molecule has 0 unspecified atom stereocenters. The van der Waals surface area contributed by atoms with E-state index in [9.17, 15) is 9.90 Å². The average molecular weight is 369 g/mol. The molecule has 0 spiro atoms. The second-order valence-electron chi connectivity index (χ2n) is 6.72. The molecule has 2 atom stereocenters. The van der Waals surface area contributed by atoms with E-state index in [2.05, 4.69) is 22.1 Å². The van der Waals surface area contributed by atoms with Crippen LogP contribution in [0.15, 0.2) is 42.5 Å². The maximum atomic E-state index is 12.4. The number of hydrogen-bond donors (Lipinski definition) is 2. The topological polar surface area (TPSA) is 62.2 Å². The van der Waals surface area contributed by atoms with Gasteiger partial charge in [0.25, 0.3) is 5.91 Å². The van der Waals surface area contributed by atoms with Gasteiger partial charge in [-0.05, 0) is 56.5 Å². The molecule has 4 nitrogen and oxygen atoms in total. The van der Waals surface area contributed by atoms with E-state index < -0.39 is 5.60 Å². The van der Waals surface area contributed by atoms with Crippen molar-refractivity contribution in [1.82, 2.24) is 10.3 Å². The Morgan fingerprint density at radius 2 is 2.15 bits per heavy atom. The summed E-state index contributed by atoms with van der Waals surface area (Å²) < 4.78 is 0. The SMILES string of the molecule is Cc1cccc(C(=O)N[C@H]2CCC[C@@](O)(C#Cc3cccc(Cl)c3)C2)n1. The fourth-order valence-electron chi connectivity index (χ4n) is 3.17. The summed E-state index contributed by atoms with van der Waals surface area (Å²) >= 11 is 5.97. The third kappa shape index (κ3) is 4.85. The summed E-state index contributed by atoms with van der Waals surface area (Å²) in [5.74, 6) is 5.76. The van der Waals surface area contributed by atoms with Gasteiger partial charge in [-0.15, -0.1) is 0 Å². The number of benzene rings is 1. The van der Waals surface area contributed by atoms with Gasteiger partial charge in [0.1, 0.15) is 11.3 Å². The van der Waals surface area contributed by atoms with Gasteiger partial charge >= 0.3 is 0 Å². The van der Waals surface area contributed by atoms with Crippen LogP contribution in [0.1, 0.15) is 47.4 Å². The monoisotopic (exact) mass is 368 g/mol. The Hall–Kier alpha value is -2.35. The van der Waals surface area contributed by atoms with Gasteiger partial charge in [-0.25, -0.2) is 4.98 Å². The van der Waals surface area contributed by atoms with Gasteiger partial charge in [0.2, 0.25) is 0 Å². The number of hydrogen-bond acceptors (Lipinski definition) is 3. The van der Waals surface area contributed by atoms with Crippen LogP contribution in [0, 0.1) is 18.8 Å². The molecule has 0 radical (unpaired) electrons. The zero-order valence-corrected chi connectivity index (χ0v) is 15.4. The molecule has 1 amide bonds. The number of nitrogens with one attached hydrogen (secondary N) is 1. The molecule has 1 fully saturated rings. The quantitative estimate of drug-likeness (QED) is 0.797. The Balaban J connectivity index is 1.68.